The highest BCUT2D eigenvalue weighted by molar-refractivity contribution is 5.85. The zero-order valence-electron chi connectivity index (χ0n) is 13.4. The molecular weight excluding hydrogens is 300 g/mol. The maximum atomic E-state index is 12.2. The second-order valence-corrected chi connectivity index (χ2v) is 6.03. The van der Waals surface area contributed by atoms with Gasteiger partial charge in [-0.1, -0.05) is 36.8 Å². The van der Waals surface area contributed by atoms with Crippen molar-refractivity contribution in [1.29, 1.82) is 0 Å². The first-order chi connectivity index (χ1) is 10.1. The van der Waals surface area contributed by atoms with Crippen LogP contribution in [-0.4, -0.2) is 31.7 Å². The summed E-state index contributed by atoms with van der Waals surface area (Å²) in [6.07, 6.45) is 1.75. The van der Waals surface area contributed by atoms with Crippen LogP contribution in [-0.2, 0) is 9.53 Å². The fourth-order valence-corrected chi connectivity index (χ4v) is 2.67. The Morgan fingerprint density at radius 3 is 2.50 bits per heavy atom. The summed E-state index contributed by atoms with van der Waals surface area (Å²) in [5.41, 5.74) is 8.55. The molecule has 5 heteroatoms. The molecule has 0 saturated carbocycles. The van der Waals surface area contributed by atoms with Gasteiger partial charge in [-0.2, -0.15) is 0 Å². The van der Waals surface area contributed by atoms with Crippen molar-refractivity contribution in [2.24, 2.45) is 11.7 Å². The van der Waals surface area contributed by atoms with Crippen molar-refractivity contribution in [1.82, 2.24) is 5.32 Å². The molecule has 1 fully saturated rings. The number of amides is 1. The summed E-state index contributed by atoms with van der Waals surface area (Å²) in [6, 6.07) is 8.01. The molecule has 1 heterocycles. The molecule has 0 aromatic heterocycles. The normalized spacial score (nSPS) is 18.1. The lowest BCUT2D eigenvalue weighted by molar-refractivity contribution is -0.124. The lowest BCUT2D eigenvalue weighted by atomic mass is 9.91. The van der Waals surface area contributed by atoms with E-state index in [0.717, 1.165) is 12.8 Å². The Balaban J connectivity index is 0.00000242. The average Bonchev–Trinajstić information content (AvgIpc) is 2.53. The molecule has 0 aliphatic carbocycles. The van der Waals surface area contributed by atoms with Gasteiger partial charge in [-0.3, -0.25) is 4.79 Å². The summed E-state index contributed by atoms with van der Waals surface area (Å²) < 4.78 is 5.31. The Hall–Kier alpha value is -1.10. The zero-order chi connectivity index (χ0) is 15.2. The fourth-order valence-electron chi connectivity index (χ4n) is 2.67. The highest BCUT2D eigenvalue weighted by Gasteiger charge is 2.26. The summed E-state index contributed by atoms with van der Waals surface area (Å²) in [5.74, 6) is 0.491. The van der Waals surface area contributed by atoms with Gasteiger partial charge in [-0.15, -0.1) is 12.4 Å². The minimum Gasteiger partial charge on any atom is -0.381 e. The van der Waals surface area contributed by atoms with Crippen LogP contribution in [0.2, 0.25) is 0 Å². The van der Waals surface area contributed by atoms with E-state index in [9.17, 15) is 4.79 Å². The molecule has 1 aromatic rings. The quantitative estimate of drug-likeness (QED) is 0.873. The SMILES string of the molecule is Cc1ccc(C(C)CNC(=O)C(N)C2CCOCC2)cc1.Cl. The van der Waals surface area contributed by atoms with Gasteiger partial charge in [0.2, 0.25) is 5.91 Å². The summed E-state index contributed by atoms with van der Waals surface area (Å²) in [6.45, 7) is 6.24. The summed E-state index contributed by atoms with van der Waals surface area (Å²) in [7, 11) is 0. The lowest BCUT2D eigenvalue weighted by Crippen LogP contribution is -2.47. The molecule has 1 aliphatic heterocycles. The molecule has 2 atom stereocenters. The monoisotopic (exact) mass is 326 g/mol. The van der Waals surface area contributed by atoms with E-state index >= 15 is 0 Å². The number of hydrogen-bond acceptors (Lipinski definition) is 3. The van der Waals surface area contributed by atoms with Crippen LogP contribution in [0.3, 0.4) is 0 Å². The van der Waals surface area contributed by atoms with Gasteiger partial charge in [-0.25, -0.2) is 0 Å². The van der Waals surface area contributed by atoms with Gasteiger partial charge < -0.3 is 15.8 Å². The molecule has 124 valence electrons. The molecule has 2 unspecified atom stereocenters. The van der Waals surface area contributed by atoms with E-state index in [1.165, 1.54) is 11.1 Å². The molecule has 0 bridgehead atoms. The molecule has 1 amide bonds. The molecule has 0 spiro atoms. The largest absolute Gasteiger partial charge is 0.381 e. The number of carbonyl (C=O) groups is 1. The van der Waals surface area contributed by atoms with Crippen LogP contribution in [0.15, 0.2) is 24.3 Å². The number of hydrogen-bond donors (Lipinski definition) is 2. The molecule has 22 heavy (non-hydrogen) atoms. The minimum atomic E-state index is -0.417. The predicted molar refractivity (Wildman–Crippen MR) is 91.4 cm³/mol. The number of aryl methyl sites for hydroxylation is 1. The van der Waals surface area contributed by atoms with E-state index in [4.69, 9.17) is 10.5 Å². The van der Waals surface area contributed by atoms with Gasteiger partial charge in [0.1, 0.15) is 0 Å². The van der Waals surface area contributed by atoms with Crippen molar-refractivity contribution in [2.75, 3.05) is 19.8 Å². The van der Waals surface area contributed by atoms with E-state index in [1.807, 2.05) is 0 Å². The standard InChI is InChI=1S/C17H26N2O2.ClH/c1-12-3-5-14(6-4-12)13(2)11-19-17(20)16(18)15-7-9-21-10-8-15;/h3-6,13,15-16H,7-11,18H2,1-2H3,(H,19,20);1H. The van der Waals surface area contributed by atoms with E-state index < -0.39 is 6.04 Å². The number of carbonyl (C=O) groups excluding carboxylic acids is 1. The van der Waals surface area contributed by atoms with Crippen molar-refractivity contribution in [2.45, 2.75) is 38.6 Å². The number of nitrogens with two attached hydrogens (primary N) is 1. The topological polar surface area (TPSA) is 64.4 Å². The molecule has 1 aliphatic rings. The Morgan fingerprint density at radius 2 is 1.91 bits per heavy atom. The van der Waals surface area contributed by atoms with E-state index in [0.29, 0.717) is 19.8 Å². The van der Waals surface area contributed by atoms with Crippen LogP contribution in [0.5, 0.6) is 0 Å². The van der Waals surface area contributed by atoms with E-state index in [1.54, 1.807) is 0 Å². The molecule has 4 nitrogen and oxygen atoms in total. The van der Waals surface area contributed by atoms with Crippen molar-refractivity contribution < 1.29 is 9.53 Å². The maximum Gasteiger partial charge on any atom is 0.237 e. The van der Waals surface area contributed by atoms with E-state index in [-0.39, 0.29) is 30.2 Å². The highest BCUT2D eigenvalue weighted by atomic mass is 35.5. The third-order valence-corrected chi connectivity index (χ3v) is 4.31. The van der Waals surface area contributed by atoms with Crippen LogP contribution in [0.4, 0.5) is 0 Å². The number of nitrogens with one attached hydrogen (secondary N) is 1. The second kappa shape index (κ2) is 9.13. The molecular formula is C17H27ClN2O2. The van der Waals surface area contributed by atoms with Crippen LogP contribution in [0.1, 0.15) is 36.8 Å². The number of ether oxygens (including phenoxy) is 1. The Labute approximate surface area is 139 Å². The second-order valence-electron chi connectivity index (χ2n) is 6.03. The number of rotatable bonds is 5. The Bertz CT molecular complexity index is 458. The molecule has 2 rings (SSSR count). The van der Waals surface area contributed by atoms with Gasteiger partial charge in [0, 0.05) is 19.8 Å². The first kappa shape index (κ1) is 18.9. The average molecular weight is 327 g/mol. The summed E-state index contributed by atoms with van der Waals surface area (Å²) in [4.78, 5) is 12.2. The smallest absolute Gasteiger partial charge is 0.237 e. The molecule has 0 radical (unpaired) electrons. The molecule has 1 aromatic carbocycles. The third kappa shape index (κ3) is 5.27. The minimum absolute atomic E-state index is 0. The van der Waals surface area contributed by atoms with E-state index in [2.05, 4.69) is 43.4 Å². The van der Waals surface area contributed by atoms with Crippen molar-refractivity contribution >= 4 is 18.3 Å². The highest BCUT2D eigenvalue weighted by Crippen LogP contribution is 2.18. The molecule has 3 N–H and O–H groups in total. The Morgan fingerprint density at radius 1 is 1.32 bits per heavy atom. The van der Waals surface area contributed by atoms with Gasteiger partial charge >= 0.3 is 0 Å². The van der Waals surface area contributed by atoms with Crippen LogP contribution in [0.25, 0.3) is 0 Å². The van der Waals surface area contributed by atoms with Gasteiger partial charge in [0.05, 0.1) is 6.04 Å². The van der Waals surface area contributed by atoms with Crippen molar-refractivity contribution in [3.05, 3.63) is 35.4 Å². The van der Waals surface area contributed by atoms with Crippen LogP contribution >= 0.6 is 12.4 Å². The first-order valence-electron chi connectivity index (χ1n) is 7.75. The van der Waals surface area contributed by atoms with Crippen molar-refractivity contribution in [3.8, 4) is 0 Å². The number of benzene rings is 1. The third-order valence-electron chi connectivity index (χ3n) is 4.31. The summed E-state index contributed by atoms with van der Waals surface area (Å²) in [5, 5.41) is 2.99. The van der Waals surface area contributed by atoms with Crippen LogP contribution in [0, 0.1) is 12.8 Å². The van der Waals surface area contributed by atoms with Crippen molar-refractivity contribution in [3.63, 3.8) is 0 Å². The lowest BCUT2D eigenvalue weighted by Gasteiger charge is -2.27. The maximum absolute atomic E-state index is 12.2. The van der Waals surface area contributed by atoms with Crippen LogP contribution < -0.4 is 11.1 Å². The zero-order valence-corrected chi connectivity index (χ0v) is 14.2. The number of halogens is 1. The Kier molecular flexibility index (Phi) is 7.87. The van der Waals surface area contributed by atoms with Gasteiger partial charge in [-0.05, 0) is 37.2 Å². The fraction of sp³-hybridized carbons (Fsp3) is 0.588. The summed E-state index contributed by atoms with van der Waals surface area (Å²) >= 11 is 0. The molecule has 1 saturated heterocycles. The van der Waals surface area contributed by atoms with Gasteiger partial charge in [0.15, 0.2) is 0 Å². The van der Waals surface area contributed by atoms with Gasteiger partial charge in [0.25, 0.3) is 0 Å². The first-order valence-corrected chi connectivity index (χ1v) is 7.75. The predicted octanol–water partition coefficient (Wildman–Crippen LogP) is 2.39.